The van der Waals surface area contributed by atoms with E-state index in [1.807, 2.05) is 29.2 Å². The predicted molar refractivity (Wildman–Crippen MR) is 107 cm³/mol. The van der Waals surface area contributed by atoms with Crippen molar-refractivity contribution in [3.63, 3.8) is 0 Å². The number of carbonyl (C=O) groups is 1. The highest BCUT2D eigenvalue weighted by molar-refractivity contribution is 5.90. The Labute approximate surface area is 163 Å². The molecular formula is C20H24N6O2. The van der Waals surface area contributed by atoms with E-state index in [1.54, 1.807) is 19.4 Å². The molecule has 8 nitrogen and oxygen atoms in total. The van der Waals surface area contributed by atoms with Gasteiger partial charge in [-0.25, -0.2) is 9.78 Å². The Balaban J connectivity index is 1.50. The van der Waals surface area contributed by atoms with Crippen molar-refractivity contribution in [1.29, 1.82) is 0 Å². The molecule has 1 fully saturated rings. The van der Waals surface area contributed by atoms with Gasteiger partial charge in [0.2, 0.25) is 0 Å². The number of hydrogen-bond acceptors (Lipinski definition) is 5. The van der Waals surface area contributed by atoms with Crippen LogP contribution >= 0.6 is 0 Å². The second-order valence-corrected chi connectivity index (χ2v) is 7.02. The summed E-state index contributed by atoms with van der Waals surface area (Å²) < 4.78 is 6.92. The topological polar surface area (TPSA) is 94.0 Å². The first-order chi connectivity index (χ1) is 13.7. The lowest BCUT2D eigenvalue weighted by molar-refractivity contribution is 0.183. The molecule has 0 spiro atoms. The number of aromatic nitrogens is 4. The van der Waals surface area contributed by atoms with Crippen LogP contribution < -0.4 is 10.6 Å². The van der Waals surface area contributed by atoms with Gasteiger partial charge in [0.15, 0.2) is 0 Å². The van der Waals surface area contributed by atoms with Gasteiger partial charge in [-0.15, -0.1) is 0 Å². The molecule has 0 aliphatic heterocycles. The number of fused-ring (bicyclic) bond motifs is 1. The number of anilines is 1. The van der Waals surface area contributed by atoms with Crippen LogP contribution in [0.5, 0.6) is 0 Å². The monoisotopic (exact) mass is 380 g/mol. The molecule has 3 aromatic heterocycles. The van der Waals surface area contributed by atoms with E-state index < -0.39 is 0 Å². The molecule has 0 saturated heterocycles. The summed E-state index contributed by atoms with van der Waals surface area (Å²) in [6.45, 7) is 1.30. The van der Waals surface area contributed by atoms with E-state index in [1.165, 1.54) is 12.8 Å². The van der Waals surface area contributed by atoms with E-state index in [0.717, 1.165) is 35.0 Å². The van der Waals surface area contributed by atoms with Crippen LogP contribution in [-0.4, -0.2) is 45.5 Å². The zero-order chi connectivity index (χ0) is 19.3. The number of nitrogens with one attached hydrogen (secondary N) is 2. The lowest BCUT2D eigenvalue weighted by Gasteiger charge is -2.12. The van der Waals surface area contributed by atoms with Crippen LogP contribution in [0.25, 0.3) is 22.2 Å². The Kier molecular flexibility index (Phi) is 5.48. The molecule has 28 heavy (non-hydrogen) atoms. The Morgan fingerprint density at radius 2 is 2.07 bits per heavy atom. The van der Waals surface area contributed by atoms with Gasteiger partial charge in [0.1, 0.15) is 5.82 Å². The average molecular weight is 380 g/mol. The highest BCUT2D eigenvalue weighted by Gasteiger charge is 2.17. The number of carbonyl (C=O) groups excluding carboxylic acids is 1. The van der Waals surface area contributed by atoms with E-state index in [-0.39, 0.29) is 12.1 Å². The molecule has 0 unspecified atom stereocenters. The van der Waals surface area contributed by atoms with Gasteiger partial charge in [-0.3, -0.25) is 15.0 Å². The van der Waals surface area contributed by atoms with E-state index >= 15 is 0 Å². The first-order valence-corrected chi connectivity index (χ1v) is 9.57. The van der Waals surface area contributed by atoms with Gasteiger partial charge in [-0.05, 0) is 31.0 Å². The van der Waals surface area contributed by atoms with E-state index in [9.17, 15) is 4.79 Å². The Morgan fingerprint density at radius 3 is 2.89 bits per heavy atom. The highest BCUT2D eigenvalue weighted by atomic mass is 16.5. The predicted octanol–water partition coefficient (Wildman–Crippen LogP) is 3.20. The number of ether oxygens (including phenoxy) is 1. The molecule has 0 atom stereocenters. The maximum atomic E-state index is 12.2. The quantitative estimate of drug-likeness (QED) is 0.685. The van der Waals surface area contributed by atoms with Crippen LogP contribution in [0.2, 0.25) is 0 Å². The van der Waals surface area contributed by atoms with Crippen LogP contribution in [0.4, 0.5) is 10.6 Å². The van der Waals surface area contributed by atoms with Crippen LogP contribution in [0.1, 0.15) is 25.7 Å². The second kappa shape index (κ2) is 8.35. The third-order valence-corrected chi connectivity index (χ3v) is 4.96. The largest absolute Gasteiger partial charge is 0.383 e. The van der Waals surface area contributed by atoms with E-state index in [4.69, 9.17) is 4.74 Å². The maximum Gasteiger partial charge on any atom is 0.320 e. The van der Waals surface area contributed by atoms with Gasteiger partial charge in [0.25, 0.3) is 0 Å². The molecule has 2 N–H and O–H groups in total. The standard InChI is InChI=1S/C20H24N6O2/c1-28-9-8-26-13-15(12-22-26)14-10-18-17(21-11-14)6-7-19(24-18)25-20(27)23-16-4-2-3-5-16/h6-7,10-13,16H,2-5,8-9H2,1H3,(H2,23,24,25,27). The summed E-state index contributed by atoms with van der Waals surface area (Å²) in [7, 11) is 1.67. The van der Waals surface area contributed by atoms with Crippen LogP contribution in [-0.2, 0) is 11.3 Å². The number of pyridine rings is 2. The second-order valence-electron chi connectivity index (χ2n) is 7.02. The maximum absolute atomic E-state index is 12.2. The summed E-state index contributed by atoms with van der Waals surface area (Å²) in [5.74, 6) is 0.512. The summed E-state index contributed by atoms with van der Waals surface area (Å²) in [6.07, 6.45) is 10.0. The molecule has 1 saturated carbocycles. The molecule has 146 valence electrons. The Hall–Kier alpha value is -3.00. The fraction of sp³-hybridized carbons (Fsp3) is 0.400. The van der Waals surface area contributed by atoms with Gasteiger partial charge in [-0.1, -0.05) is 12.8 Å². The minimum atomic E-state index is -0.206. The molecule has 3 heterocycles. The fourth-order valence-corrected chi connectivity index (χ4v) is 3.46. The van der Waals surface area contributed by atoms with Crippen molar-refractivity contribution < 1.29 is 9.53 Å². The first kappa shape index (κ1) is 18.4. The van der Waals surface area contributed by atoms with Gasteiger partial charge >= 0.3 is 6.03 Å². The summed E-state index contributed by atoms with van der Waals surface area (Å²) in [5, 5.41) is 10.2. The Bertz CT molecular complexity index is 964. The zero-order valence-corrected chi connectivity index (χ0v) is 15.9. The fourth-order valence-electron chi connectivity index (χ4n) is 3.46. The third-order valence-electron chi connectivity index (χ3n) is 4.96. The molecule has 2 amide bonds. The van der Waals surface area contributed by atoms with Crippen LogP contribution in [0, 0.1) is 0 Å². The van der Waals surface area contributed by atoms with Crippen molar-refractivity contribution in [3.8, 4) is 11.1 Å². The van der Waals surface area contributed by atoms with Crippen LogP contribution in [0.3, 0.4) is 0 Å². The van der Waals surface area contributed by atoms with Crippen molar-refractivity contribution in [2.75, 3.05) is 19.0 Å². The number of rotatable bonds is 6. The summed E-state index contributed by atoms with van der Waals surface area (Å²) in [6, 6.07) is 5.65. The molecular weight excluding hydrogens is 356 g/mol. The van der Waals surface area contributed by atoms with E-state index in [2.05, 4.69) is 25.7 Å². The highest BCUT2D eigenvalue weighted by Crippen LogP contribution is 2.23. The summed E-state index contributed by atoms with van der Waals surface area (Å²) in [5.41, 5.74) is 3.39. The van der Waals surface area contributed by atoms with Crippen molar-refractivity contribution in [3.05, 3.63) is 36.8 Å². The number of hydrogen-bond donors (Lipinski definition) is 2. The lowest BCUT2D eigenvalue weighted by atomic mass is 10.1. The first-order valence-electron chi connectivity index (χ1n) is 9.57. The number of methoxy groups -OCH3 is 1. The van der Waals surface area contributed by atoms with Crippen molar-refractivity contribution in [1.82, 2.24) is 25.1 Å². The Morgan fingerprint density at radius 1 is 1.21 bits per heavy atom. The lowest BCUT2D eigenvalue weighted by Crippen LogP contribution is -2.36. The van der Waals surface area contributed by atoms with Crippen molar-refractivity contribution >= 4 is 22.9 Å². The summed E-state index contributed by atoms with van der Waals surface area (Å²) >= 11 is 0. The summed E-state index contributed by atoms with van der Waals surface area (Å²) in [4.78, 5) is 21.2. The molecule has 1 aliphatic carbocycles. The number of urea groups is 1. The number of amides is 2. The van der Waals surface area contributed by atoms with Gasteiger partial charge in [0, 0.05) is 36.7 Å². The molecule has 0 bridgehead atoms. The smallest absolute Gasteiger partial charge is 0.320 e. The normalized spacial score (nSPS) is 14.5. The molecule has 4 rings (SSSR count). The van der Waals surface area contributed by atoms with Gasteiger partial charge in [0.05, 0.1) is 30.4 Å². The zero-order valence-electron chi connectivity index (χ0n) is 15.9. The minimum absolute atomic E-state index is 0.206. The molecule has 0 aromatic carbocycles. The molecule has 0 radical (unpaired) electrons. The molecule has 8 heteroatoms. The molecule has 1 aliphatic rings. The van der Waals surface area contributed by atoms with Crippen molar-refractivity contribution in [2.24, 2.45) is 0 Å². The van der Waals surface area contributed by atoms with Gasteiger partial charge in [-0.2, -0.15) is 5.10 Å². The minimum Gasteiger partial charge on any atom is -0.383 e. The third kappa shape index (κ3) is 4.28. The van der Waals surface area contributed by atoms with Crippen molar-refractivity contribution in [2.45, 2.75) is 38.3 Å². The van der Waals surface area contributed by atoms with Crippen LogP contribution in [0.15, 0.2) is 36.8 Å². The SMILES string of the molecule is COCCn1cc(-c2cnc3ccc(NC(=O)NC4CCCC4)nc3c2)cn1. The molecule has 3 aromatic rings. The van der Waals surface area contributed by atoms with Gasteiger partial charge < -0.3 is 10.1 Å². The average Bonchev–Trinajstić information content (AvgIpc) is 3.37. The van der Waals surface area contributed by atoms with E-state index in [0.29, 0.717) is 19.0 Å². The number of nitrogens with zero attached hydrogens (tertiary/aromatic N) is 4.